The lowest BCUT2D eigenvalue weighted by Crippen LogP contribution is -2.22. The molecule has 3 rings (SSSR count). The summed E-state index contributed by atoms with van der Waals surface area (Å²) in [5.74, 6) is 0.186. The van der Waals surface area contributed by atoms with Crippen LogP contribution in [0.25, 0.3) is 0 Å². The summed E-state index contributed by atoms with van der Waals surface area (Å²) in [6.07, 6.45) is -0.210. The third-order valence-corrected chi connectivity index (χ3v) is 7.80. The van der Waals surface area contributed by atoms with Gasteiger partial charge in [-0.15, -0.1) is 0 Å². The van der Waals surface area contributed by atoms with Crippen molar-refractivity contribution in [2.45, 2.75) is 25.7 Å². The molecular formula is C25H31N2O3P. The van der Waals surface area contributed by atoms with E-state index in [4.69, 9.17) is 9.26 Å². The Labute approximate surface area is 185 Å². The zero-order valence-corrected chi connectivity index (χ0v) is 19.7. The van der Waals surface area contributed by atoms with Crippen molar-refractivity contribution in [1.29, 1.82) is 0 Å². The van der Waals surface area contributed by atoms with E-state index in [1.54, 1.807) is 7.11 Å². The van der Waals surface area contributed by atoms with Crippen molar-refractivity contribution in [3.63, 3.8) is 0 Å². The lowest BCUT2D eigenvalue weighted by molar-refractivity contribution is 0.245. The normalized spacial score (nSPS) is 14.0. The van der Waals surface area contributed by atoms with E-state index in [2.05, 4.69) is 5.32 Å². The fourth-order valence-electron chi connectivity index (χ4n) is 3.39. The molecule has 0 bridgehead atoms. The van der Waals surface area contributed by atoms with E-state index >= 15 is 0 Å². The summed E-state index contributed by atoms with van der Waals surface area (Å²) in [6.45, 7) is 3.82. The molecule has 0 unspecified atom stereocenters. The molecule has 0 amide bonds. The van der Waals surface area contributed by atoms with Crippen LogP contribution < -0.4 is 20.3 Å². The van der Waals surface area contributed by atoms with Gasteiger partial charge in [-0.2, -0.15) is 0 Å². The van der Waals surface area contributed by atoms with Crippen LogP contribution in [0.15, 0.2) is 78.9 Å². The minimum Gasteiger partial charge on any atom is -0.497 e. The number of anilines is 2. The average Bonchev–Trinajstić information content (AvgIpc) is 2.78. The number of nitrogens with one attached hydrogen (secondary N) is 1. The molecule has 0 aliphatic carbocycles. The number of benzene rings is 3. The molecule has 31 heavy (non-hydrogen) atoms. The summed E-state index contributed by atoms with van der Waals surface area (Å²) in [5.41, 5.74) is 2.78. The summed E-state index contributed by atoms with van der Waals surface area (Å²) in [5, 5.41) is 4.15. The molecule has 2 atom stereocenters. The van der Waals surface area contributed by atoms with Gasteiger partial charge in [0.05, 0.1) is 13.2 Å². The van der Waals surface area contributed by atoms with E-state index in [0.29, 0.717) is 5.30 Å². The molecule has 0 aliphatic rings. The average molecular weight is 439 g/mol. The van der Waals surface area contributed by atoms with Gasteiger partial charge in [-0.3, -0.25) is 4.57 Å². The number of ether oxygens (including phenoxy) is 1. The summed E-state index contributed by atoms with van der Waals surface area (Å²) < 4.78 is 26.2. The molecule has 5 nitrogen and oxygen atoms in total. The first-order chi connectivity index (χ1) is 14.8. The van der Waals surface area contributed by atoms with Gasteiger partial charge in [-0.05, 0) is 67.9 Å². The highest BCUT2D eigenvalue weighted by molar-refractivity contribution is 7.67. The molecule has 1 N–H and O–H groups in total. The van der Waals surface area contributed by atoms with E-state index < -0.39 is 13.2 Å². The Hall–Kier alpha value is -2.75. The van der Waals surface area contributed by atoms with Crippen molar-refractivity contribution in [3.05, 3.63) is 84.4 Å². The second-order valence-electron chi connectivity index (χ2n) is 7.85. The first-order valence-corrected chi connectivity index (χ1v) is 12.0. The molecule has 3 aromatic rings. The maximum absolute atomic E-state index is 14.6. The zero-order chi connectivity index (χ0) is 22.4. The van der Waals surface area contributed by atoms with Gasteiger partial charge < -0.3 is 19.5 Å². The van der Waals surface area contributed by atoms with E-state index in [1.807, 2.05) is 112 Å². The second kappa shape index (κ2) is 10.0. The Morgan fingerprint density at radius 3 is 2.00 bits per heavy atom. The molecule has 0 heterocycles. The first kappa shape index (κ1) is 22.9. The van der Waals surface area contributed by atoms with Crippen molar-refractivity contribution in [3.8, 4) is 5.75 Å². The Balaban J connectivity index is 2.12. The van der Waals surface area contributed by atoms with Gasteiger partial charge in [-0.1, -0.05) is 30.3 Å². The zero-order valence-electron chi connectivity index (χ0n) is 18.8. The van der Waals surface area contributed by atoms with Crippen molar-refractivity contribution in [2.24, 2.45) is 0 Å². The number of nitrogens with zero attached hydrogens (tertiary/aromatic N) is 1. The standard InChI is InChI=1S/C25H31N2O3P/c1-19(2)30-31(28,24-17-13-22(14-18-24)27(3)4)25(26-21-9-7-6-8-10-21)20-11-15-23(29-5)16-12-20/h6-19,25-26H,1-5H3/t25-,31+/m0/s1. The highest BCUT2D eigenvalue weighted by atomic mass is 31.2. The Bertz CT molecular complexity index is 1000. The molecular weight excluding hydrogens is 407 g/mol. The lowest BCUT2D eigenvalue weighted by Gasteiger charge is -2.31. The molecule has 0 aromatic heterocycles. The minimum absolute atomic E-state index is 0.210. The number of methoxy groups -OCH3 is 1. The van der Waals surface area contributed by atoms with Gasteiger partial charge in [0.25, 0.3) is 7.37 Å². The van der Waals surface area contributed by atoms with Crippen LogP contribution in [0.4, 0.5) is 11.4 Å². The van der Waals surface area contributed by atoms with Crippen molar-refractivity contribution in [2.75, 3.05) is 31.4 Å². The molecule has 0 saturated heterocycles. The Kier molecular flexibility index (Phi) is 7.42. The molecule has 0 saturated carbocycles. The largest absolute Gasteiger partial charge is 0.497 e. The molecule has 164 valence electrons. The lowest BCUT2D eigenvalue weighted by atomic mass is 10.2. The Morgan fingerprint density at radius 2 is 1.48 bits per heavy atom. The van der Waals surface area contributed by atoms with Crippen LogP contribution in [0.5, 0.6) is 5.75 Å². The summed E-state index contributed by atoms with van der Waals surface area (Å²) in [6, 6.07) is 25.2. The maximum atomic E-state index is 14.6. The minimum atomic E-state index is -3.37. The highest BCUT2D eigenvalue weighted by Crippen LogP contribution is 2.60. The molecule has 0 aliphatic heterocycles. The van der Waals surface area contributed by atoms with Crippen LogP contribution in [0.1, 0.15) is 25.2 Å². The van der Waals surface area contributed by atoms with Crippen molar-refractivity contribution >= 4 is 24.0 Å². The van der Waals surface area contributed by atoms with Crippen LogP contribution >= 0.6 is 7.37 Å². The molecule has 3 aromatic carbocycles. The Morgan fingerprint density at radius 1 is 0.871 bits per heavy atom. The van der Waals surface area contributed by atoms with Gasteiger partial charge in [-0.25, -0.2) is 0 Å². The summed E-state index contributed by atoms with van der Waals surface area (Å²) >= 11 is 0. The van der Waals surface area contributed by atoms with Crippen molar-refractivity contribution in [1.82, 2.24) is 0 Å². The third kappa shape index (κ3) is 5.49. The fraction of sp³-hybridized carbons (Fsp3) is 0.280. The summed E-state index contributed by atoms with van der Waals surface area (Å²) in [7, 11) is 2.23. The number of rotatable bonds is 9. The topological polar surface area (TPSA) is 50.8 Å². The monoisotopic (exact) mass is 438 g/mol. The van der Waals surface area contributed by atoms with Crippen LogP contribution in [0.3, 0.4) is 0 Å². The van der Waals surface area contributed by atoms with Gasteiger partial charge in [0.2, 0.25) is 0 Å². The molecule has 0 radical (unpaired) electrons. The van der Waals surface area contributed by atoms with E-state index in [-0.39, 0.29) is 6.10 Å². The molecule has 0 fully saturated rings. The highest BCUT2D eigenvalue weighted by Gasteiger charge is 2.38. The summed E-state index contributed by atoms with van der Waals surface area (Å²) in [4.78, 5) is 2.02. The van der Waals surface area contributed by atoms with Gasteiger partial charge >= 0.3 is 0 Å². The predicted molar refractivity (Wildman–Crippen MR) is 130 cm³/mol. The maximum Gasteiger partial charge on any atom is 0.258 e. The molecule has 0 spiro atoms. The van der Waals surface area contributed by atoms with Crippen LogP contribution in [0, 0.1) is 0 Å². The predicted octanol–water partition coefficient (Wildman–Crippen LogP) is 5.90. The fourth-order valence-corrected chi connectivity index (χ4v) is 6.00. The van der Waals surface area contributed by atoms with Crippen LogP contribution in [-0.4, -0.2) is 27.3 Å². The second-order valence-corrected chi connectivity index (χ2v) is 10.3. The van der Waals surface area contributed by atoms with E-state index in [1.165, 1.54) is 0 Å². The van der Waals surface area contributed by atoms with Crippen LogP contribution in [-0.2, 0) is 9.09 Å². The van der Waals surface area contributed by atoms with Gasteiger partial charge in [0.1, 0.15) is 11.5 Å². The van der Waals surface area contributed by atoms with Gasteiger partial charge in [0, 0.05) is 30.8 Å². The smallest absolute Gasteiger partial charge is 0.258 e. The SMILES string of the molecule is COc1ccc([C@@H](Nc2ccccc2)[P@](=O)(OC(C)C)c2ccc(N(C)C)cc2)cc1. The van der Waals surface area contributed by atoms with Crippen molar-refractivity contribution < 1.29 is 13.8 Å². The van der Waals surface area contributed by atoms with E-state index in [0.717, 1.165) is 22.7 Å². The third-order valence-electron chi connectivity index (χ3n) is 4.94. The first-order valence-electron chi connectivity index (χ1n) is 10.3. The number of hydrogen-bond acceptors (Lipinski definition) is 5. The van der Waals surface area contributed by atoms with Gasteiger partial charge in [0.15, 0.2) is 0 Å². The van der Waals surface area contributed by atoms with E-state index in [9.17, 15) is 4.57 Å². The molecule has 6 heteroatoms. The number of para-hydroxylation sites is 1. The quantitative estimate of drug-likeness (QED) is 0.422. The number of hydrogen-bond donors (Lipinski definition) is 1. The van der Waals surface area contributed by atoms with Crippen LogP contribution in [0.2, 0.25) is 0 Å².